The molecule has 0 heterocycles. The van der Waals surface area contributed by atoms with Crippen molar-refractivity contribution in [1.29, 1.82) is 0 Å². The zero-order valence-corrected chi connectivity index (χ0v) is 10.3. The third-order valence-electron chi connectivity index (χ3n) is 2.13. The fraction of sp³-hybridized carbons (Fsp3) is 0.909. The third-order valence-corrected chi connectivity index (χ3v) is 2.13. The van der Waals surface area contributed by atoms with E-state index < -0.39 is 5.54 Å². The van der Waals surface area contributed by atoms with Crippen molar-refractivity contribution in [3.63, 3.8) is 0 Å². The van der Waals surface area contributed by atoms with E-state index in [1.54, 1.807) is 6.92 Å². The Hall–Kier alpha value is -0.610. The Kier molecular flexibility index (Phi) is 6.52. The van der Waals surface area contributed by atoms with Gasteiger partial charge in [-0.2, -0.15) is 0 Å². The van der Waals surface area contributed by atoms with Gasteiger partial charge >= 0.3 is 0 Å². The van der Waals surface area contributed by atoms with Crippen LogP contribution in [0, 0.1) is 0 Å². The standard InChI is InChI=1S/C11H24N2O2/c1-5-6-11(4,12)10(14)13-7-8-15-9(2)3/h9H,5-8,12H2,1-4H3,(H,13,14). The number of nitrogens with one attached hydrogen (secondary N) is 1. The SMILES string of the molecule is CCCC(C)(N)C(=O)NCCOC(C)C. The van der Waals surface area contributed by atoms with E-state index in [1.807, 2.05) is 20.8 Å². The second-order valence-corrected chi connectivity index (χ2v) is 4.34. The monoisotopic (exact) mass is 216 g/mol. The molecule has 15 heavy (non-hydrogen) atoms. The van der Waals surface area contributed by atoms with Crippen LogP contribution in [0.1, 0.15) is 40.5 Å². The first kappa shape index (κ1) is 14.4. The lowest BCUT2D eigenvalue weighted by Gasteiger charge is -2.22. The molecule has 1 atom stereocenters. The van der Waals surface area contributed by atoms with E-state index in [0.717, 1.165) is 6.42 Å². The number of hydrogen-bond donors (Lipinski definition) is 2. The van der Waals surface area contributed by atoms with Gasteiger partial charge in [0.25, 0.3) is 0 Å². The van der Waals surface area contributed by atoms with E-state index in [4.69, 9.17) is 10.5 Å². The predicted octanol–water partition coefficient (Wildman–Crippen LogP) is 1.05. The molecule has 4 nitrogen and oxygen atoms in total. The van der Waals surface area contributed by atoms with Crippen LogP contribution in [0.15, 0.2) is 0 Å². The topological polar surface area (TPSA) is 64.4 Å². The average Bonchev–Trinajstić information content (AvgIpc) is 2.11. The molecular weight excluding hydrogens is 192 g/mol. The zero-order chi connectivity index (χ0) is 11.9. The van der Waals surface area contributed by atoms with E-state index >= 15 is 0 Å². The molecule has 0 saturated carbocycles. The van der Waals surface area contributed by atoms with Gasteiger partial charge in [-0.05, 0) is 27.2 Å². The number of carbonyl (C=O) groups is 1. The van der Waals surface area contributed by atoms with Crippen molar-refractivity contribution >= 4 is 5.91 Å². The first-order chi connectivity index (χ1) is 6.90. The number of nitrogens with two attached hydrogens (primary N) is 1. The van der Waals surface area contributed by atoms with Gasteiger partial charge in [-0.3, -0.25) is 4.79 Å². The lowest BCUT2D eigenvalue weighted by atomic mass is 9.97. The molecule has 0 spiro atoms. The highest BCUT2D eigenvalue weighted by Gasteiger charge is 2.26. The van der Waals surface area contributed by atoms with Gasteiger partial charge < -0.3 is 15.8 Å². The van der Waals surface area contributed by atoms with E-state index in [-0.39, 0.29) is 12.0 Å². The number of amides is 1. The largest absolute Gasteiger partial charge is 0.377 e. The van der Waals surface area contributed by atoms with Gasteiger partial charge in [-0.25, -0.2) is 0 Å². The van der Waals surface area contributed by atoms with Crippen molar-refractivity contribution in [2.45, 2.75) is 52.2 Å². The molecular formula is C11H24N2O2. The molecule has 1 unspecified atom stereocenters. The summed E-state index contributed by atoms with van der Waals surface area (Å²) in [7, 11) is 0. The molecule has 0 saturated heterocycles. The van der Waals surface area contributed by atoms with Crippen LogP contribution < -0.4 is 11.1 Å². The number of ether oxygens (including phenoxy) is 1. The summed E-state index contributed by atoms with van der Waals surface area (Å²) >= 11 is 0. The number of rotatable bonds is 7. The smallest absolute Gasteiger partial charge is 0.239 e. The van der Waals surface area contributed by atoms with Crippen LogP contribution >= 0.6 is 0 Å². The molecule has 90 valence electrons. The van der Waals surface area contributed by atoms with Crippen molar-refractivity contribution < 1.29 is 9.53 Å². The first-order valence-corrected chi connectivity index (χ1v) is 5.59. The molecule has 0 aliphatic carbocycles. The maximum atomic E-state index is 11.6. The fourth-order valence-electron chi connectivity index (χ4n) is 1.29. The fourth-order valence-corrected chi connectivity index (χ4v) is 1.29. The molecule has 0 radical (unpaired) electrons. The van der Waals surface area contributed by atoms with Gasteiger partial charge in [0.15, 0.2) is 0 Å². The van der Waals surface area contributed by atoms with Crippen LogP contribution in [0.25, 0.3) is 0 Å². The Morgan fingerprint density at radius 1 is 1.53 bits per heavy atom. The Balaban J connectivity index is 3.73. The highest BCUT2D eigenvalue weighted by molar-refractivity contribution is 5.85. The average molecular weight is 216 g/mol. The van der Waals surface area contributed by atoms with Crippen molar-refractivity contribution in [1.82, 2.24) is 5.32 Å². The Morgan fingerprint density at radius 3 is 2.60 bits per heavy atom. The van der Waals surface area contributed by atoms with Gasteiger partial charge in [0.2, 0.25) is 5.91 Å². The Labute approximate surface area is 92.6 Å². The lowest BCUT2D eigenvalue weighted by molar-refractivity contribution is -0.126. The van der Waals surface area contributed by atoms with Crippen molar-refractivity contribution in [3.8, 4) is 0 Å². The first-order valence-electron chi connectivity index (χ1n) is 5.59. The van der Waals surface area contributed by atoms with E-state index in [0.29, 0.717) is 19.6 Å². The van der Waals surface area contributed by atoms with Crippen LogP contribution in [0.2, 0.25) is 0 Å². The maximum Gasteiger partial charge on any atom is 0.239 e. The normalized spacial score (nSPS) is 15.1. The molecule has 4 heteroatoms. The van der Waals surface area contributed by atoms with Crippen LogP contribution in [0.4, 0.5) is 0 Å². The predicted molar refractivity (Wildman–Crippen MR) is 61.6 cm³/mol. The number of hydrogen-bond acceptors (Lipinski definition) is 3. The lowest BCUT2D eigenvalue weighted by Crippen LogP contribution is -2.52. The van der Waals surface area contributed by atoms with Crippen LogP contribution in [0.5, 0.6) is 0 Å². The quantitative estimate of drug-likeness (QED) is 0.625. The maximum absolute atomic E-state index is 11.6. The molecule has 3 N–H and O–H groups in total. The minimum absolute atomic E-state index is 0.100. The molecule has 0 bridgehead atoms. The van der Waals surface area contributed by atoms with E-state index in [1.165, 1.54) is 0 Å². The van der Waals surface area contributed by atoms with Crippen LogP contribution in [-0.2, 0) is 9.53 Å². The molecule has 0 rings (SSSR count). The van der Waals surface area contributed by atoms with Gasteiger partial charge in [-0.15, -0.1) is 0 Å². The second kappa shape index (κ2) is 6.80. The molecule has 0 fully saturated rings. The minimum Gasteiger partial charge on any atom is -0.377 e. The van der Waals surface area contributed by atoms with Crippen LogP contribution in [-0.4, -0.2) is 30.7 Å². The summed E-state index contributed by atoms with van der Waals surface area (Å²) in [5, 5.41) is 2.77. The van der Waals surface area contributed by atoms with Gasteiger partial charge in [0.1, 0.15) is 0 Å². The summed E-state index contributed by atoms with van der Waals surface area (Å²) in [6.07, 6.45) is 1.80. The molecule has 0 aliphatic heterocycles. The van der Waals surface area contributed by atoms with Gasteiger partial charge in [0, 0.05) is 6.54 Å². The number of carbonyl (C=O) groups excluding carboxylic acids is 1. The summed E-state index contributed by atoms with van der Waals surface area (Å²) in [6, 6.07) is 0. The molecule has 0 aromatic rings. The summed E-state index contributed by atoms with van der Waals surface area (Å²) in [5.41, 5.74) is 5.10. The van der Waals surface area contributed by atoms with E-state index in [2.05, 4.69) is 5.32 Å². The van der Waals surface area contributed by atoms with Crippen molar-refractivity contribution in [2.24, 2.45) is 5.73 Å². The van der Waals surface area contributed by atoms with Gasteiger partial charge in [0.05, 0.1) is 18.2 Å². The summed E-state index contributed by atoms with van der Waals surface area (Å²) < 4.78 is 5.31. The Bertz CT molecular complexity index is 191. The summed E-state index contributed by atoms with van der Waals surface area (Å²) in [6.45, 7) is 8.76. The van der Waals surface area contributed by atoms with Crippen molar-refractivity contribution in [3.05, 3.63) is 0 Å². The summed E-state index contributed by atoms with van der Waals surface area (Å²) in [5.74, 6) is -0.100. The minimum atomic E-state index is -0.757. The van der Waals surface area contributed by atoms with Gasteiger partial charge in [-0.1, -0.05) is 13.3 Å². The molecule has 1 amide bonds. The zero-order valence-electron chi connectivity index (χ0n) is 10.3. The summed E-state index contributed by atoms with van der Waals surface area (Å²) in [4.78, 5) is 11.6. The van der Waals surface area contributed by atoms with Crippen molar-refractivity contribution in [2.75, 3.05) is 13.2 Å². The molecule has 0 aliphatic rings. The third kappa shape index (κ3) is 6.47. The second-order valence-electron chi connectivity index (χ2n) is 4.34. The highest BCUT2D eigenvalue weighted by Crippen LogP contribution is 2.07. The van der Waals surface area contributed by atoms with Crippen LogP contribution in [0.3, 0.4) is 0 Å². The highest BCUT2D eigenvalue weighted by atomic mass is 16.5. The molecule has 0 aromatic heterocycles. The molecule has 0 aromatic carbocycles. The Morgan fingerprint density at radius 2 is 2.13 bits per heavy atom. The van der Waals surface area contributed by atoms with E-state index in [9.17, 15) is 4.79 Å².